The molecule has 0 saturated heterocycles. The lowest BCUT2D eigenvalue weighted by Crippen LogP contribution is -1.90. The van der Waals surface area contributed by atoms with Crippen LogP contribution in [0, 0.1) is 0 Å². The van der Waals surface area contributed by atoms with E-state index in [0.29, 0.717) is 0 Å². The molecule has 0 radical (unpaired) electrons. The van der Waals surface area contributed by atoms with Crippen LogP contribution in [0.3, 0.4) is 0 Å². The molecule has 3 rings (SSSR count). The number of nitrogens with zero attached hydrogens (tertiary/aromatic N) is 1. The molecule has 3 aromatic rings. The van der Waals surface area contributed by atoms with Gasteiger partial charge >= 0.3 is 0 Å². The topological polar surface area (TPSA) is 30.9 Å². The molecule has 0 bridgehead atoms. The second-order valence-corrected chi connectivity index (χ2v) is 5.67. The lowest BCUT2D eigenvalue weighted by molar-refractivity contribution is 0.969. The van der Waals surface area contributed by atoms with Crippen LogP contribution in [0.25, 0.3) is 10.9 Å². The molecule has 2 aromatic carbocycles. The zero-order valence-corrected chi connectivity index (χ0v) is 11.7. The van der Waals surface area contributed by atoms with Gasteiger partial charge in [-0.2, -0.15) is 0 Å². The van der Waals surface area contributed by atoms with E-state index in [-0.39, 0.29) is 0 Å². The fourth-order valence-electron chi connectivity index (χ4n) is 2.21. The normalized spacial score (nSPS) is 11.0. The van der Waals surface area contributed by atoms with E-state index in [1.165, 1.54) is 21.4 Å². The Hall–Kier alpha value is -1.87. The van der Waals surface area contributed by atoms with Crippen LogP contribution in [0.4, 0.5) is 5.69 Å². The van der Waals surface area contributed by atoms with E-state index in [4.69, 9.17) is 5.73 Å². The van der Waals surface area contributed by atoms with Crippen molar-refractivity contribution < 1.29 is 0 Å². The van der Waals surface area contributed by atoms with Crippen LogP contribution in [-0.4, -0.2) is 4.57 Å². The molecule has 0 atom stereocenters. The predicted octanol–water partition coefficient (Wildman–Crippen LogP) is 4.05. The zero-order valence-electron chi connectivity index (χ0n) is 10.8. The number of thioether (sulfide) groups is 1. The van der Waals surface area contributed by atoms with Crippen LogP contribution in [0.2, 0.25) is 0 Å². The molecule has 0 aliphatic rings. The lowest BCUT2D eigenvalue weighted by Gasteiger charge is -2.06. The van der Waals surface area contributed by atoms with Gasteiger partial charge in [-0.25, -0.2) is 0 Å². The molecule has 19 heavy (non-hydrogen) atoms. The summed E-state index contributed by atoms with van der Waals surface area (Å²) in [5, 5.41) is 1.28. The monoisotopic (exact) mass is 268 g/mol. The average molecular weight is 268 g/mol. The first-order chi connectivity index (χ1) is 9.24. The minimum Gasteiger partial charge on any atom is -0.399 e. The van der Waals surface area contributed by atoms with Crippen LogP contribution >= 0.6 is 11.8 Å². The van der Waals surface area contributed by atoms with Gasteiger partial charge in [-0.1, -0.05) is 30.3 Å². The largest absolute Gasteiger partial charge is 0.399 e. The second kappa shape index (κ2) is 5.02. The standard InChI is InChI=1S/C16H16N2S/c1-18-8-7-14-15(18)9-13(17)10-16(14)19-11-12-5-3-2-4-6-12/h2-10H,11,17H2,1H3. The first-order valence-electron chi connectivity index (χ1n) is 6.25. The summed E-state index contributed by atoms with van der Waals surface area (Å²) in [7, 11) is 2.05. The van der Waals surface area contributed by atoms with Gasteiger partial charge in [-0.3, -0.25) is 0 Å². The van der Waals surface area contributed by atoms with Gasteiger partial charge in [0.2, 0.25) is 0 Å². The SMILES string of the molecule is Cn1ccc2c(SCc3ccccc3)cc(N)cc21. The predicted molar refractivity (Wildman–Crippen MR) is 83.3 cm³/mol. The summed E-state index contributed by atoms with van der Waals surface area (Å²) in [5.74, 6) is 0.967. The molecule has 1 aromatic heterocycles. The van der Waals surface area contributed by atoms with Gasteiger partial charge in [-0.15, -0.1) is 11.8 Å². The minimum atomic E-state index is 0.824. The number of hydrogen-bond acceptors (Lipinski definition) is 2. The highest BCUT2D eigenvalue weighted by molar-refractivity contribution is 7.98. The van der Waals surface area contributed by atoms with Gasteiger partial charge in [0.1, 0.15) is 0 Å². The second-order valence-electron chi connectivity index (χ2n) is 4.65. The van der Waals surface area contributed by atoms with Crippen molar-refractivity contribution in [3.8, 4) is 0 Å². The van der Waals surface area contributed by atoms with Crippen LogP contribution < -0.4 is 5.73 Å². The van der Waals surface area contributed by atoms with Crippen molar-refractivity contribution in [3.05, 3.63) is 60.3 Å². The number of aromatic nitrogens is 1. The Balaban J connectivity index is 1.92. The molecule has 0 spiro atoms. The Labute approximate surface area is 117 Å². The Morgan fingerprint density at radius 1 is 1.11 bits per heavy atom. The van der Waals surface area contributed by atoms with E-state index in [1.807, 2.05) is 30.9 Å². The maximum atomic E-state index is 6.00. The van der Waals surface area contributed by atoms with Crippen molar-refractivity contribution in [1.82, 2.24) is 4.57 Å². The van der Waals surface area contributed by atoms with Gasteiger partial charge < -0.3 is 10.3 Å². The van der Waals surface area contributed by atoms with E-state index in [0.717, 1.165) is 11.4 Å². The van der Waals surface area contributed by atoms with E-state index in [2.05, 4.69) is 47.2 Å². The van der Waals surface area contributed by atoms with Crippen LogP contribution in [0.1, 0.15) is 5.56 Å². The highest BCUT2D eigenvalue weighted by Gasteiger charge is 2.06. The average Bonchev–Trinajstić information content (AvgIpc) is 2.79. The number of benzene rings is 2. The fourth-order valence-corrected chi connectivity index (χ4v) is 3.28. The summed E-state index contributed by atoms with van der Waals surface area (Å²) in [6.07, 6.45) is 2.08. The molecular weight excluding hydrogens is 252 g/mol. The molecule has 1 heterocycles. The number of aryl methyl sites for hydroxylation is 1. The lowest BCUT2D eigenvalue weighted by atomic mass is 10.2. The number of fused-ring (bicyclic) bond motifs is 1. The highest BCUT2D eigenvalue weighted by atomic mass is 32.2. The molecule has 0 saturated carbocycles. The van der Waals surface area contributed by atoms with E-state index in [9.17, 15) is 0 Å². The third-order valence-corrected chi connectivity index (χ3v) is 4.35. The molecule has 2 N–H and O–H groups in total. The number of anilines is 1. The maximum Gasteiger partial charge on any atom is 0.0509 e. The Bertz CT molecular complexity index is 701. The van der Waals surface area contributed by atoms with Gasteiger partial charge in [0.25, 0.3) is 0 Å². The maximum absolute atomic E-state index is 6.00. The summed E-state index contributed by atoms with van der Waals surface area (Å²) >= 11 is 1.84. The molecule has 96 valence electrons. The van der Waals surface area contributed by atoms with Crippen molar-refractivity contribution in [2.24, 2.45) is 7.05 Å². The highest BCUT2D eigenvalue weighted by Crippen LogP contribution is 2.32. The molecule has 0 fully saturated rings. The van der Waals surface area contributed by atoms with Crippen LogP contribution in [0.15, 0.2) is 59.6 Å². The smallest absolute Gasteiger partial charge is 0.0509 e. The van der Waals surface area contributed by atoms with Crippen molar-refractivity contribution in [2.75, 3.05) is 5.73 Å². The summed E-state index contributed by atoms with van der Waals surface area (Å²) < 4.78 is 2.11. The van der Waals surface area contributed by atoms with E-state index in [1.54, 1.807) is 0 Å². The van der Waals surface area contributed by atoms with Gasteiger partial charge in [0.15, 0.2) is 0 Å². The number of rotatable bonds is 3. The third kappa shape index (κ3) is 2.47. The summed E-state index contributed by atoms with van der Waals surface area (Å²) in [5.41, 5.74) is 9.34. The number of nitrogen functional groups attached to an aromatic ring is 1. The van der Waals surface area contributed by atoms with Crippen molar-refractivity contribution >= 4 is 28.4 Å². The Morgan fingerprint density at radius 3 is 2.68 bits per heavy atom. The Kier molecular flexibility index (Phi) is 3.22. The van der Waals surface area contributed by atoms with Crippen molar-refractivity contribution in [1.29, 1.82) is 0 Å². The number of nitrogens with two attached hydrogens (primary N) is 1. The molecular formula is C16H16N2S. The molecule has 0 amide bonds. The van der Waals surface area contributed by atoms with Gasteiger partial charge in [0, 0.05) is 35.0 Å². The third-order valence-electron chi connectivity index (χ3n) is 3.22. The van der Waals surface area contributed by atoms with Crippen LogP contribution in [0.5, 0.6) is 0 Å². The van der Waals surface area contributed by atoms with E-state index < -0.39 is 0 Å². The molecule has 0 aliphatic carbocycles. The van der Waals surface area contributed by atoms with Crippen LogP contribution in [-0.2, 0) is 12.8 Å². The first kappa shape index (κ1) is 12.2. The van der Waals surface area contributed by atoms with Gasteiger partial charge in [-0.05, 0) is 23.8 Å². The minimum absolute atomic E-state index is 0.824. The number of hydrogen-bond donors (Lipinski definition) is 1. The van der Waals surface area contributed by atoms with Crippen molar-refractivity contribution in [3.63, 3.8) is 0 Å². The summed E-state index contributed by atoms with van der Waals surface area (Å²) in [6.45, 7) is 0. The zero-order chi connectivity index (χ0) is 13.2. The summed E-state index contributed by atoms with van der Waals surface area (Å²) in [4.78, 5) is 1.25. The Morgan fingerprint density at radius 2 is 1.89 bits per heavy atom. The van der Waals surface area contributed by atoms with E-state index >= 15 is 0 Å². The van der Waals surface area contributed by atoms with Gasteiger partial charge in [0.05, 0.1) is 5.52 Å². The summed E-state index contributed by atoms with van der Waals surface area (Å²) in [6, 6.07) is 16.8. The quantitative estimate of drug-likeness (QED) is 0.574. The molecule has 2 nitrogen and oxygen atoms in total. The fraction of sp³-hybridized carbons (Fsp3) is 0.125. The molecule has 0 unspecified atom stereocenters. The van der Waals surface area contributed by atoms with Crippen molar-refractivity contribution in [2.45, 2.75) is 10.6 Å². The molecule has 0 aliphatic heterocycles. The molecule has 3 heteroatoms. The first-order valence-corrected chi connectivity index (χ1v) is 7.24.